The second-order valence-electron chi connectivity index (χ2n) is 5.98. The van der Waals surface area contributed by atoms with Gasteiger partial charge in [-0.25, -0.2) is 9.37 Å². The van der Waals surface area contributed by atoms with Crippen molar-refractivity contribution in [3.05, 3.63) is 89.4 Å². The molecule has 0 saturated carbocycles. The Bertz CT molecular complexity index is 957. The maximum absolute atomic E-state index is 14.1. The number of hydrogen-bond donors (Lipinski definition) is 1. The summed E-state index contributed by atoms with van der Waals surface area (Å²) in [5.74, 6) is 0.0223. The Kier molecular flexibility index (Phi) is 3.69. The highest BCUT2D eigenvalue weighted by molar-refractivity contribution is 6.11. The minimum atomic E-state index is -0.519. The van der Waals surface area contributed by atoms with Gasteiger partial charge in [0.05, 0.1) is 5.69 Å². The number of carbonyl (C=O) groups excluding carboxylic acids is 1. The molecule has 2 aromatic carbocycles. The normalized spacial score (nSPS) is 16.0. The molecule has 1 unspecified atom stereocenters. The molecule has 0 aliphatic carbocycles. The summed E-state index contributed by atoms with van der Waals surface area (Å²) >= 11 is 0. The van der Waals surface area contributed by atoms with Crippen molar-refractivity contribution in [2.24, 2.45) is 0 Å². The maximum Gasteiger partial charge on any atom is 0.261 e. The number of rotatable bonds is 3. The number of nitrogens with one attached hydrogen (secondary N) is 1. The van der Waals surface area contributed by atoms with Gasteiger partial charge >= 0.3 is 0 Å². The third kappa shape index (κ3) is 2.63. The lowest BCUT2D eigenvalue weighted by molar-refractivity contribution is 0.0992. The monoisotopic (exact) mass is 333 g/mol. The molecule has 2 heterocycles. The van der Waals surface area contributed by atoms with Gasteiger partial charge in [-0.05, 0) is 42.8 Å². The number of amides is 1. The number of nitrogens with zero attached hydrogens (tertiary/aromatic N) is 2. The molecule has 4 rings (SSSR count). The van der Waals surface area contributed by atoms with Gasteiger partial charge in [0.15, 0.2) is 0 Å². The number of pyridine rings is 1. The lowest BCUT2D eigenvalue weighted by atomic mass is 10.1. The van der Waals surface area contributed by atoms with Gasteiger partial charge in [-0.2, -0.15) is 0 Å². The van der Waals surface area contributed by atoms with Gasteiger partial charge in [-0.1, -0.05) is 30.3 Å². The maximum atomic E-state index is 14.1. The van der Waals surface area contributed by atoms with Crippen LogP contribution in [0.2, 0.25) is 0 Å². The Morgan fingerprint density at radius 3 is 2.64 bits per heavy atom. The number of carbonyl (C=O) groups is 1. The van der Waals surface area contributed by atoms with E-state index in [1.54, 1.807) is 35.4 Å². The summed E-state index contributed by atoms with van der Waals surface area (Å²) in [6.07, 6.45) is 1.15. The van der Waals surface area contributed by atoms with Gasteiger partial charge in [0, 0.05) is 17.3 Å². The largest absolute Gasteiger partial charge is 0.359 e. The molecule has 1 atom stereocenters. The molecule has 1 aliphatic rings. The van der Waals surface area contributed by atoms with E-state index in [0.717, 1.165) is 11.1 Å². The fourth-order valence-electron chi connectivity index (χ4n) is 3.07. The molecule has 4 nitrogen and oxygen atoms in total. The number of hydrogen-bond acceptors (Lipinski definition) is 3. The SMILES string of the molecule is Cc1ccnc(N2C(=O)c3ccccc3C2Nc2ccccc2F)c1. The summed E-state index contributed by atoms with van der Waals surface area (Å²) in [6, 6.07) is 17.5. The Hall–Kier alpha value is -3.21. The first-order chi connectivity index (χ1) is 12.1. The van der Waals surface area contributed by atoms with E-state index in [2.05, 4.69) is 10.3 Å². The number of aromatic nitrogens is 1. The van der Waals surface area contributed by atoms with Crippen LogP contribution < -0.4 is 10.2 Å². The number of halogens is 1. The Morgan fingerprint density at radius 2 is 1.84 bits per heavy atom. The van der Waals surface area contributed by atoms with Gasteiger partial charge < -0.3 is 5.32 Å². The van der Waals surface area contributed by atoms with Gasteiger partial charge in [-0.3, -0.25) is 9.69 Å². The predicted molar refractivity (Wildman–Crippen MR) is 95.0 cm³/mol. The van der Waals surface area contributed by atoms with E-state index in [1.165, 1.54) is 6.07 Å². The zero-order valence-corrected chi connectivity index (χ0v) is 13.6. The first-order valence-corrected chi connectivity index (χ1v) is 8.01. The Balaban J connectivity index is 1.82. The topological polar surface area (TPSA) is 45.2 Å². The number of anilines is 2. The summed E-state index contributed by atoms with van der Waals surface area (Å²) in [7, 11) is 0. The zero-order chi connectivity index (χ0) is 17.4. The summed E-state index contributed by atoms with van der Waals surface area (Å²) in [4.78, 5) is 18.9. The highest BCUT2D eigenvalue weighted by Gasteiger charge is 2.38. The molecule has 25 heavy (non-hydrogen) atoms. The van der Waals surface area contributed by atoms with Crippen LogP contribution in [0.1, 0.15) is 27.7 Å². The average molecular weight is 333 g/mol. The second-order valence-corrected chi connectivity index (χ2v) is 5.98. The molecule has 1 N–H and O–H groups in total. The molecule has 5 heteroatoms. The Labute approximate surface area is 144 Å². The molecule has 0 saturated heterocycles. The molecule has 0 fully saturated rings. The Morgan fingerprint density at radius 1 is 1.08 bits per heavy atom. The van der Waals surface area contributed by atoms with Gasteiger partial charge in [0.2, 0.25) is 0 Å². The number of fused-ring (bicyclic) bond motifs is 1. The molecular formula is C20H16FN3O. The van der Waals surface area contributed by atoms with E-state index in [-0.39, 0.29) is 11.7 Å². The molecule has 0 bridgehead atoms. The highest BCUT2D eigenvalue weighted by Crippen LogP contribution is 2.37. The van der Waals surface area contributed by atoms with Crippen molar-refractivity contribution < 1.29 is 9.18 Å². The molecule has 0 spiro atoms. The van der Waals surface area contributed by atoms with Crippen LogP contribution in [0.3, 0.4) is 0 Å². The predicted octanol–water partition coefficient (Wildman–Crippen LogP) is 4.30. The standard InChI is InChI=1S/C20H16FN3O/c1-13-10-11-22-18(12-13)24-19(23-17-9-5-4-8-16(17)21)14-6-2-3-7-15(14)20(24)25/h2-12,19,23H,1H3. The van der Waals surface area contributed by atoms with Crippen molar-refractivity contribution >= 4 is 17.4 Å². The molecule has 1 aromatic heterocycles. The van der Waals surface area contributed by atoms with Crippen LogP contribution in [0.5, 0.6) is 0 Å². The van der Waals surface area contributed by atoms with Crippen LogP contribution in [-0.2, 0) is 0 Å². The molecule has 124 valence electrons. The van der Waals surface area contributed by atoms with Crippen LogP contribution in [0.15, 0.2) is 66.9 Å². The van der Waals surface area contributed by atoms with Crippen molar-refractivity contribution in [3.63, 3.8) is 0 Å². The summed E-state index contributed by atoms with van der Waals surface area (Å²) in [5.41, 5.74) is 2.74. The third-order valence-corrected chi connectivity index (χ3v) is 4.28. The van der Waals surface area contributed by atoms with Crippen LogP contribution in [0.25, 0.3) is 0 Å². The van der Waals surface area contributed by atoms with Crippen molar-refractivity contribution in [1.82, 2.24) is 4.98 Å². The third-order valence-electron chi connectivity index (χ3n) is 4.28. The molecule has 1 aliphatic heterocycles. The van der Waals surface area contributed by atoms with Crippen molar-refractivity contribution in [3.8, 4) is 0 Å². The summed E-state index contributed by atoms with van der Waals surface area (Å²) in [6.45, 7) is 1.94. The fourth-order valence-corrected chi connectivity index (χ4v) is 3.07. The first-order valence-electron chi connectivity index (χ1n) is 8.01. The van der Waals surface area contributed by atoms with E-state index in [0.29, 0.717) is 17.1 Å². The van der Waals surface area contributed by atoms with Crippen molar-refractivity contribution in [2.75, 3.05) is 10.2 Å². The van der Waals surface area contributed by atoms with E-state index >= 15 is 0 Å². The highest BCUT2D eigenvalue weighted by atomic mass is 19.1. The van der Waals surface area contributed by atoms with Gasteiger partial charge in [0.1, 0.15) is 17.8 Å². The van der Waals surface area contributed by atoms with Gasteiger partial charge in [-0.15, -0.1) is 0 Å². The van der Waals surface area contributed by atoms with Crippen molar-refractivity contribution in [2.45, 2.75) is 13.1 Å². The molecule has 3 aromatic rings. The first kappa shape index (κ1) is 15.3. The number of benzene rings is 2. The van der Waals surface area contributed by atoms with E-state index in [4.69, 9.17) is 0 Å². The molecule has 0 radical (unpaired) electrons. The van der Waals surface area contributed by atoms with Crippen LogP contribution in [-0.4, -0.2) is 10.9 Å². The van der Waals surface area contributed by atoms with Crippen LogP contribution in [0.4, 0.5) is 15.9 Å². The van der Waals surface area contributed by atoms with E-state index in [1.807, 2.05) is 37.3 Å². The van der Waals surface area contributed by atoms with Crippen LogP contribution >= 0.6 is 0 Å². The summed E-state index contributed by atoms with van der Waals surface area (Å²) < 4.78 is 14.1. The summed E-state index contributed by atoms with van der Waals surface area (Å²) in [5, 5.41) is 3.15. The van der Waals surface area contributed by atoms with Crippen molar-refractivity contribution in [1.29, 1.82) is 0 Å². The lowest BCUT2D eigenvalue weighted by Gasteiger charge is -2.26. The molecule has 1 amide bonds. The smallest absolute Gasteiger partial charge is 0.261 e. The minimum absolute atomic E-state index is 0.150. The second kappa shape index (κ2) is 6.02. The molecular weight excluding hydrogens is 317 g/mol. The minimum Gasteiger partial charge on any atom is -0.359 e. The lowest BCUT2D eigenvalue weighted by Crippen LogP contribution is -2.33. The zero-order valence-electron chi connectivity index (χ0n) is 13.6. The fraction of sp³-hybridized carbons (Fsp3) is 0.100. The number of aryl methyl sites for hydroxylation is 1. The van der Waals surface area contributed by atoms with Crippen LogP contribution in [0, 0.1) is 12.7 Å². The van der Waals surface area contributed by atoms with E-state index in [9.17, 15) is 9.18 Å². The van der Waals surface area contributed by atoms with E-state index < -0.39 is 6.17 Å². The average Bonchev–Trinajstić information content (AvgIpc) is 2.90. The van der Waals surface area contributed by atoms with Gasteiger partial charge in [0.25, 0.3) is 5.91 Å². The quantitative estimate of drug-likeness (QED) is 0.777. The number of para-hydroxylation sites is 1.